The van der Waals surface area contributed by atoms with Gasteiger partial charge >= 0.3 is 5.97 Å². The Morgan fingerprint density at radius 1 is 1.06 bits per heavy atom. The zero-order valence-corrected chi connectivity index (χ0v) is 17.4. The molecule has 3 aromatic carbocycles. The summed E-state index contributed by atoms with van der Waals surface area (Å²) in [5.74, 6) is 0.300. The molecule has 31 heavy (non-hydrogen) atoms. The number of carbonyl (C=O) groups is 2. The van der Waals surface area contributed by atoms with Crippen molar-refractivity contribution >= 4 is 28.9 Å². The van der Waals surface area contributed by atoms with Gasteiger partial charge in [0.1, 0.15) is 0 Å². The van der Waals surface area contributed by atoms with Crippen molar-refractivity contribution in [1.82, 2.24) is 0 Å². The number of methoxy groups -OCH3 is 1. The average Bonchev–Trinajstić information content (AvgIpc) is 3.59. The van der Waals surface area contributed by atoms with Crippen LogP contribution < -0.4 is 10.2 Å². The summed E-state index contributed by atoms with van der Waals surface area (Å²) in [6.45, 7) is 0.564. The van der Waals surface area contributed by atoms with Gasteiger partial charge in [-0.25, -0.2) is 4.79 Å². The molecule has 2 aliphatic rings. The van der Waals surface area contributed by atoms with E-state index in [0.717, 1.165) is 22.5 Å². The number of rotatable bonds is 6. The fourth-order valence-electron chi connectivity index (χ4n) is 4.18. The molecule has 0 saturated heterocycles. The summed E-state index contributed by atoms with van der Waals surface area (Å²) in [5, 5.41) is 3.35. The first kappa shape index (κ1) is 19.4. The Balaban J connectivity index is 1.40. The van der Waals surface area contributed by atoms with E-state index >= 15 is 0 Å². The number of nitrogens with zero attached hydrogens (tertiary/aromatic N) is 1. The van der Waals surface area contributed by atoms with Crippen LogP contribution >= 0.6 is 0 Å². The predicted octanol–water partition coefficient (Wildman–Crippen LogP) is 5.18. The van der Waals surface area contributed by atoms with Crippen LogP contribution in [0.2, 0.25) is 0 Å². The van der Waals surface area contributed by atoms with Crippen LogP contribution in [0.5, 0.6) is 0 Å². The van der Waals surface area contributed by atoms with Crippen LogP contribution in [-0.4, -0.2) is 19.0 Å². The second kappa shape index (κ2) is 7.91. The molecular formula is C26H24N2O3. The molecule has 1 aliphatic carbocycles. The summed E-state index contributed by atoms with van der Waals surface area (Å²) in [7, 11) is 1.40. The third kappa shape index (κ3) is 3.91. The lowest BCUT2D eigenvalue weighted by Crippen LogP contribution is -2.25. The minimum Gasteiger partial charge on any atom is -0.465 e. The van der Waals surface area contributed by atoms with Gasteiger partial charge in [0.05, 0.1) is 31.3 Å². The zero-order chi connectivity index (χ0) is 21.4. The highest BCUT2D eigenvalue weighted by Gasteiger charge is 2.28. The average molecular weight is 412 g/mol. The van der Waals surface area contributed by atoms with Gasteiger partial charge in [-0.1, -0.05) is 36.4 Å². The van der Waals surface area contributed by atoms with Crippen molar-refractivity contribution in [2.75, 3.05) is 17.3 Å². The molecule has 0 bridgehead atoms. The first-order valence-electron chi connectivity index (χ1n) is 10.6. The fraction of sp³-hybridized carbons (Fsp3) is 0.231. The van der Waals surface area contributed by atoms with Gasteiger partial charge in [-0.05, 0) is 65.8 Å². The molecule has 5 nitrogen and oxygen atoms in total. The minimum atomic E-state index is -0.352. The predicted molar refractivity (Wildman–Crippen MR) is 121 cm³/mol. The van der Waals surface area contributed by atoms with Crippen LogP contribution in [0.1, 0.15) is 45.8 Å². The first-order valence-corrected chi connectivity index (χ1v) is 10.6. The van der Waals surface area contributed by atoms with E-state index in [4.69, 9.17) is 4.74 Å². The number of hydrogen-bond acceptors (Lipinski definition) is 4. The Hall–Kier alpha value is -3.60. The summed E-state index contributed by atoms with van der Waals surface area (Å²) in [6.07, 6.45) is 2.72. The van der Waals surface area contributed by atoms with E-state index in [2.05, 4.69) is 11.4 Å². The molecule has 0 unspecified atom stereocenters. The van der Waals surface area contributed by atoms with E-state index in [1.807, 2.05) is 65.6 Å². The Labute approximate surface area is 181 Å². The first-order chi connectivity index (χ1) is 15.1. The maximum atomic E-state index is 12.6. The standard InChI is InChI=1S/C26H24N2O3/c1-31-26(30)22-14-19(18-7-8-18)9-11-23(22)27-21-10-12-24-20(13-21)15-25(29)28(24)16-17-5-3-2-4-6-17/h2-6,9-14,18,27H,7-8,15-16H2,1H3. The number of anilines is 3. The highest BCUT2D eigenvalue weighted by Crippen LogP contribution is 2.41. The van der Waals surface area contributed by atoms with Gasteiger partial charge in [0.25, 0.3) is 0 Å². The van der Waals surface area contributed by atoms with Crippen LogP contribution in [0.15, 0.2) is 66.7 Å². The summed E-state index contributed by atoms with van der Waals surface area (Å²) < 4.78 is 5.00. The lowest BCUT2D eigenvalue weighted by Gasteiger charge is -2.18. The van der Waals surface area contributed by atoms with Crippen LogP contribution in [0, 0.1) is 0 Å². The van der Waals surface area contributed by atoms with Gasteiger partial charge in [0.2, 0.25) is 5.91 Å². The number of ether oxygens (including phenoxy) is 1. The van der Waals surface area contributed by atoms with Crippen LogP contribution in [0.25, 0.3) is 0 Å². The Morgan fingerprint density at radius 2 is 1.87 bits per heavy atom. The van der Waals surface area contributed by atoms with Crippen molar-refractivity contribution in [2.24, 2.45) is 0 Å². The summed E-state index contributed by atoms with van der Waals surface area (Å²) in [5.41, 5.74) is 6.30. The summed E-state index contributed by atoms with van der Waals surface area (Å²) in [4.78, 5) is 26.8. The quantitative estimate of drug-likeness (QED) is 0.567. The van der Waals surface area contributed by atoms with Crippen molar-refractivity contribution < 1.29 is 14.3 Å². The minimum absolute atomic E-state index is 0.0973. The fourth-order valence-corrected chi connectivity index (χ4v) is 4.18. The largest absolute Gasteiger partial charge is 0.465 e. The van der Waals surface area contributed by atoms with Gasteiger partial charge in [-0.15, -0.1) is 0 Å². The maximum absolute atomic E-state index is 12.6. The molecule has 1 N–H and O–H groups in total. The zero-order valence-electron chi connectivity index (χ0n) is 17.4. The second-order valence-corrected chi connectivity index (χ2v) is 8.18. The molecule has 0 aromatic heterocycles. The number of nitrogens with one attached hydrogen (secondary N) is 1. The number of esters is 1. The molecule has 1 aliphatic heterocycles. The monoisotopic (exact) mass is 412 g/mol. The molecule has 0 spiro atoms. The highest BCUT2D eigenvalue weighted by atomic mass is 16.5. The number of amides is 1. The third-order valence-corrected chi connectivity index (χ3v) is 5.97. The van der Waals surface area contributed by atoms with Crippen LogP contribution in [0.3, 0.4) is 0 Å². The molecule has 5 heteroatoms. The maximum Gasteiger partial charge on any atom is 0.339 e. The van der Waals surface area contributed by atoms with Crippen molar-refractivity contribution in [1.29, 1.82) is 0 Å². The molecule has 0 atom stereocenters. The molecule has 5 rings (SSSR count). The normalized spacial score (nSPS) is 15.0. The lowest BCUT2D eigenvalue weighted by atomic mass is 10.0. The number of benzene rings is 3. The van der Waals surface area contributed by atoms with Crippen molar-refractivity contribution in [3.05, 3.63) is 89.0 Å². The van der Waals surface area contributed by atoms with E-state index < -0.39 is 0 Å². The molecule has 3 aromatic rings. The van der Waals surface area contributed by atoms with Crippen LogP contribution in [-0.2, 0) is 22.5 Å². The van der Waals surface area contributed by atoms with E-state index in [0.29, 0.717) is 30.1 Å². The van der Waals surface area contributed by atoms with Crippen molar-refractivity contribution in [3.63, 3.8) is 0 Å². The Kier molecular flexibility index (Phi) is 4.94. The van der Waals surface area contributed by atoms with Gasteiger partial charge in [-0.2, -0.15) is 0 Å². The summed E-state index contributed by atoms with van der Waals surface area (Å²) >= 11 is 0. The van der Waals surface area contributed by atoms with E-state index in [-0.39, 0.29) is 11.9 Å². The van der Waals surface area contributed by atoms with Gasteiger partial charge < -0.3 is 15.0 Å². The molecule has 1 amide bonds. The molecule has 156 valence electrons. The Bertz CT molecular complexity index is 1150. The molecule has 0 radical (unpaired) electrons. The topological polar surface area (TPSA) is 58.6 Å². The smallest absolute Gasteiger partial charge is 0.339 e. The Morgan fingerprint density at radius 3 is 2.61 bits per heavy atom. The van der Waals surface area contributed by atoms with E-state index in [1.165, 1.54) is 25.5 Å². The van der Waals surface area contributed by atoms with Crippen molar-refractivity contribution in [3.8, 4) is 0 Å². The number of hydrogen-bond donors (Lipinski definition) is 1. The second-order valence-electron chi connectivity index (χ2n) is 8.18. The lowest BCUT2D eigenvalue weighted by molar-refractivity contribution is -0.117. The number of carbonyl (C=O) groups excluding carboxylic acids is 2. The molecular weight excluding hydrogens is 388 g/mol. The SMILES string of the molecule is COC(=O)c1cc(C2CC2)ccc1Nc1ccc2c(c1)CC(=O)N2Cc1ccccc1. The van der Waals surface area contributed by atoms with Gasteiger partial charge in [0, 0.05) is 11.4 Å². The van der Waals surface area contributed by atoms with Crippen LogP contribution in [0.4, 0.5) is 17.1 Å². The number of fused-ring (bicyclic) bond motifs is 1. The summed E-state index contributed by atoms with van der Waals surface area (Å²) in [6, 6.07) is 21.9. The van der Waals surface area contributed by atoms with Gasteiger partial charge in [0.15, 0.2) is 0 Å². The van der Waals surface area contributed by atoms with E-state index in [1.54, 1.807) is 0 Å². The highest BCUT2D eigenvalue weighted by molar-refractivity contribution is 6.02. The molecule has 1 fully saturated rings. The van der Waals surface area contributed by atoms with E-state index in [9.17, 15) is 9.59 Å². The third-order valence-electron chi connectivity index (χ3n) is 5.97. The molecule has 1 heterocycles. The van der Waals surface area contributed by atoms with Gasteiger partial charge in [-0.3, -0.25) is 4.79 Å². The van der Waals surface area contributed by atoms with Crippen molar-refractivity contribution in [2.45, 2.75) is 31.7 Å². The molecule has 1 saturated carbocycles.